The Morgan fingerprint density at radius 1 is 1.26 bits per heavy atom. The lowest BCUT2D eigenvalue weighted by Gasteiger charge is -2.31. The number of pyridine rings is 1. The van der Waals surface area contributed by atoms with Crippen molar-refractivity contribution in [3.63, 3.8) is 0 Å². The fourth-order valence-electron chi connectivity index (χ4n) is 4.02. The SMILES string of the molecule is Clc1cncc(OC[C@@H]2CO[C@H]3CN(C4CCOCC4)C[C@@H]23)c1. The monoisotopic (exact) mass is 338 g/mol. The van der Waals surface area contributed by atoms with Crippen molar-refractivity contribution in [3.8, 4) is 5.75 Å². The molecular formula is C17H23ClN2O3. The van der Waals surface area contributed by atoms with Gasteiger partial charge in [0.1, 0.15) is 5.75 Å². The highest BCUT2D eigenvalue weighted by molar-refractivity contribution is 6.30. The number of aromatic nitrogens is 1. The number of hydrogen-bond acceptors (Lipinski definition) is 5. The number of rotatable bonds is 4. The van der Waals surface area contributed by atoms with Crippen LogP contribution >= 0.6 is 11.6 Å². The van der Waals surface area contributed by atoms with E-state index in [0.29, 0.717) is 35.6 Å². The van der Waals surface area contributed by atoms with Crippen molar-refractivity contribution >= 4 is 11.6 Å². The largest absolute Gasteiger partial charge is 0.492 e. The maximum Gasteiger partial charge on any atom is 0.139 e. The molecule has 23 heavy (non-hydrogen) atoms. The van der Waals surface area contributed by atoms with Gasteiger partial charge in [-0.15, -0.1) is 0 Å². The lowest BCUT2D eigenvalue weighted by atomic mass is 9.94. The summed E-state index contributed by atoms with van der Waals surface area (Å²) in [5.74, 6) is 1.76. The average molecular weight is 339 g/mol. The summed E-state index contributed by atoms with van der Waals surface area (Å²) in [6, 6.07) is 2.47. The molecule has 0 spiro atoms. The summed E-state index contributed by atoms with van der Waals surface area (Å²) in [4.78, 5) is 6.66. The molecule has 3 aliphatic heterocycles. The summed E-state index contributed by atoms with van der Waals surface area (Å²) in [5, 5.41) is 0.606. The van der Waals surface area contributed by atoms with Gasteiger partial charge in [0.05, 0.1) is 30.5 Å². The zero-order valence-corrected chi connectivity index (χ0v) is 14.0. The van der Waals surface area contributed by atoms with Crippen LogP contribution in [0.15, 0.2) is 18.5 Å². The van der Waals surface area contributed by atoms with Crippen molar-refractivity contribution in [3.05, 3.63) is 23.5 Å². The minimum absolute atomic E-state index is 0.365. The fraction of sp³-hybridized carbons (Fsp3) is 0.706. The highest BCUT2D eigenvalue weighted by atomic mass is 35.5. The van der Waals surface area contributed by atoms with Crippen LogP contribution < -0.4 is 4.74 Å². The van der Waals surface area contributed by atoms with E-state index in [0.717, 1.165) is 51.5 Å². The van der Waals surface area contributed by atoms with Gasteiger partial charge in [-0.1, -0.05) is 11.6 Å². The second-order valence-electron chi connectivity index (χ2n) is 6.74. The lowest BCUT2D eigenvalue weighted by molar-refractivity contribution is 0.0270. The highest BCUT2D eigenvalue weighted by Crippen LogP contribution is 2.36. The first-order valence-corrected chi connectivity index (χ1v) is 8.84. The first-order valence-electron chi connectivity index (χ1n) is 8.46. The lowest BCUT2D eigenvalue weighted by Crippen LogP contribution is -2.39. The minimum atomic E-state index is 0.365. The van der Waals surface area contributed by atoms with Crippen LogP contribution in [0.25, 0.3) is 0 Å². The van der Waals surface area contributed by atoms with Gasteiger partial charge in [-0.25, -0.2) is 0 Å². The van der Waals surface area contributed by atoms with Crippen molar-refractivity contribution in [1.29, 1.82) is 0 Å². The Kier molecular flexibility index (Phi) is 4.71. The summed E-state index contributed by atoms with van der Waals surface area (Å²) < 4.78 is 17.4. The van der Waals surface area contributed by atoms with Crippen molar-refractivity contribution in [2.45, 2.75) is 25.0 Å². The van der Waals surface area contributed by atoms with Crippen LogP contribution in [0.3, 0.4) is 0 Å². The maximum atomic E-state index is 6.03. The quantitative estimate of drug-likeness (QED) is 0.842. The smallest absolute Gasteiger partial charge is 0.139 e. The van der Waals surface area contributed by atoms with Crippen molar-refractivity contribution < 1.29 is 14.2 Å². The Bertz CT molecular complexity index is 538. The van der Waals surface area contributed by atoms with Gasteiger partial charge in [0.25, 0.3) is 0 Å². The van der Waals surface area contributed by atoms with Crippen LogP contribution in [0, 0.1) is 11.8 Å². The molecule has 0 amide bonds. The van der Waals surface area contributed by atoms with E-state index >= 15 is 0 Å². The van der Waals surface area contributed by atoms with E-state index in [-0.39, 0.29) is 0 Å². The number of fused-ring (bicyclic) bond motifs is 1. The van der Waals surface area contributed by atoms with E-state index in [4.69, 9.17) is 25.8 Å². The van der Waals surface area contributed by atoms with Gasteiger partial charge in [-0.2, -0.15) is 0 Å². The van der Waals surface area contributed by atoms with Crippen LogP contribution in [-0.4, -0.2) is 61.5 Å². The predicted octanol–water partition coefficient (Wildman–Crippen LogP) is 2.24. The van der Waals surface area contributed by atoms with Crippen LogP contribution in [0.2, 0.25) is 5.02 Å². The highest BCUT2D eigenvalue weighted by Gasteiger charge is 2.45. The van der Waals surface area contributed by atoms with Crippen LogP contribution in [0.5, 0.6) is 5.75 Å². The molecule has 0 bridgehead atoms. The number of halogens is 1. The minimum Gasteiger partial charge on any atom is -0.492 e. The van der Waals surface area contributed by atoms with E-state index in [9.17, 15) is 0 Å². The summed E-state index contributed by atoms with van der Waals surface area (Å²) in [5.41, 5.74) is 0. The first kappa shape index (κ1) is 15.6. The molecule has 0 aliphatic carbocycles. The third-order valence-electron chi connectivity index (χ3n) is 5.32. The van der Waals surface area contributed by atoms with Crippen molar-refractivity contribution in [2.75, 3.05) is 39.5 Å². The van der Waals surface area contributed by atoms with Crippen LogP contribution in [0.1, 0.15) is 12.8 Å². The Morgan fingerprint density at radius 3 is 2.96 bits per heavy atom. The Hall–Kier alpha value is -0.880. The molecule has 126 valence electrons. The van der Waals surface area contributed by atoms with Gasteiger partial charge >= 0.3 is 0 Å². The number of hydrogen-bond donors (Lipinski definition) is 0. The van der Waals surface area contributed by atoms with Gasteiger partial charge in [0.2, 0.25) is 0 Å². The number of nitrogens with zero attached hydrogens (tertiary/aromatic N) is 2. The standard InChI is InChI=1S/C17H23ClN2O3/c18-13-5-15(7-19-6-13)22-10-12-11-23-17-9-20(8-16(12)17)14-1-3-21-4-2-14/h5-7,12,14,16-17H,1-4,8-11H2/t12-,16+,17+/m1/s1. The van der Waals surface area contributed by atoms with Gasteiger partial charge < -0.3 is 14.2 Å². The molecular weight excluding hydrogens is 316 g/mol. The second kappa shape index (κ2) is 6.93. The molecule has 1 aromatic heterocycles. The van der Waals surface area contributed by atoms with Gasteiger partial charge in [0.15, 0.2) is 0 Å². The van der Waals surface area contributed by atoms with E-state index < -0.39 is 0 Å². The third-order valence-corrected chi connectivity index (χ3v) is 5.52. The van der Waals surface area contributed by atoms with Gasteiger partial charge in [-0.05, 0) is 12.8 Å². The van der Waals surface area contributed by atoms with E-state index in [1.165, 1.54) is 0 Å². The molecule has 3 aliphatic rings. The van der Waals surface area contributed by atoms with Crippen LogP contribution in [-0.2, 0) is 9.47 Å². The zero-order chi connectivity index (χ0) is 15.6. The molecule has 1 aromatic rings. The molecule has 5 nitrogen and oxygen atoms in total. The molecule has 3 saturated heterocycles. The summed E-state index contributed by atoms with van der Waals surface area (Å²) >= 11 is 5.95. The van der Waals surface area contributed by atoms with E-state index in [1.807, 2.05) is 6.07 Å². The molecule has 0 radical (unpaired) electrons. The predicted molar refractivity (Wildman–Crippen MR) is 86.9 cm³/mol. The Balaban J connectivity index is 1.32. The fourth-order valence-corrected chi connectivity index (χ4v) is 4.19. The molecule has 4 heterocycles. The maximum absolute atomic E-state index is 6.03. The second-order valence-corrected chi connectivity index (χ2v) is 7.18. The summed E-state index contributed by atoms with van der Waals surface area (Å²) in [7, 11) is 0. The molecule has 3 fully saturated rings. The molecule has 0 unspecified atom stereocenters. The van der Waals surface area contributed by atoms with Crippen molar-refractivity contribution in [1.82, 2.24) is 9.88 Å². The normalized spacial score (nSPS) is 32.1. The molecule has 0 aromatic carbocycles. The van der Waals surface area contributed by atoms with Crippen LogP contribution in [0.4, 0.5) is 0 Å². The Labute approximate surface area is 141 Å². The van der Waals surface area contributed by atoms with Gasteiger partial charge in [-0.3, -0.25) is 9.88 Å². The summed E-state index contributed by atoms with van der Waals surface area (Å²) in [6.07, 6.45) is 5.99. The Morgan fingerprint density at radius 2 is 2.13 bits per heavy atom. The number of ether oxygens (including phenoxy) is 3. The van der Waals surface area contributed by atoms with E-state index in [2.05, 4.69) is 9.88 Å². The van der Waals surface area contributed by atoms with Gasteiger partial charge in [0, 0.05) is 56.4 Å². The summed E-state index contributed by atoms with van der Waals surface area (Å²) in [6.45, 7) is 5.44. The molecule has 6 heteroatoms. The topological polar surface area (TPSA) is 43.8 Å². The van der Waals surface area contributed by atoms with E-state index in [1.54, 1.807) is 12.4 Å². The first-order chi connectivity index (χ1) is 11.3. The molecule has 0 saturated carbocycles. The third kappa shape index (κ3) is 3.48. The zero-order valence-electron chi connectivity index (χ0n) is 13.2. The molecule has 0 N–H and O–H groups in total. The molecule has 4 rings (SSSR count). The average Bonchev–Trinajstić information content (AvgIpc) is 3.15. The number of likely N-dealkylation sites (tertiary alicyclic amines) is 1. The molecule has 3 atom stereocenters. The van der Waals surface area contributed by atoms with Crippen molar-refractivity contribution in [2.24, 2.45) is 11.8 Å².